The minimum absolute atomic E-state index is 0.230. The highest BCUT2D eigenvalue weighted by molar-refractivity contribution is 7.92. The molecule has 7 heteroatoms. The number of fused-ring (bicyclic) bond motifs is 1. The van der Waals surface area contributed by atoms with E-state index < -0.39 is 10.0 Å². The zero-order chi connectivity index (χ0) is 20.6. The molecule has 0 aliphatic rings. The standard InChI is InChI=1S/C22H21N3O3S/c1-15-16(2)21(11-10-20(15)28-3)29(26,27)24-18-8-6-7-17(13-18)19-14-25-12-5-4-9-22(25)23-19/h4-14,24H,1-3H3. The molecular weight excluding hydrogens is 386 g/mol. The van der Waals surface area contributed by atoms with Crippen molar-refractivity contribution in [2.75, 3.05) is 11.8 Å². The number of hydrogen-bond donors (Lipinski definition) is 1. The Morgan fingerprint density at radius 1 is 1.00 bits per heavy atom. The fraction of sp³-hybridized carbons (Fsp3) is 0.136. The van der Waals surface area contributed by atoms with Crippen molar-refractivity contribution >= 4 is 21.4 Å². The molecule has 4 aromatic rings. The number of imidazole rings is 1. The van der Waals surface area contributed by atoms with Gasteiger partial charge in [-0.2, -0.15) is 0 Å². The van der Waals surface area contributed by atoms with Crippen molar-refractivity contribution in [1.29, 1.82) is 0 Å². The third kappa shape index (κ3) is 3.56. The summed E-state index contributed by atoms with van der Waals surface area (Å²) in [6, 6.07) is 16.2. The monoisotopic (exact) mass is 407 g/mol. The fourth-order valence-electron chi connectivity index (χ4n) is 3.31. The first-order valence-corrected chi connectivity index (χ1v) is 10.6. The van der Waals surface area contributed by atoms with Gasteiger partial charge in [-0.05, 0) is 61.4 Å². The van der Waals surface area contributed by atoms with Crippen LogP contribution in [0.25, 0.3) is 16.9 Å². The quantitative estimate of drug-likeness (QED) is 0.531. The topological polar surface area (TPSA) is 72.7 Å². The van der Waals surface area contributed by atoms with Crippen molar-refractivity contribution in [3.05, 3.63) is 78.1 Å². The molecule has 4 rings (SSSR count). The van der Waals surface area contributed by atoms with Crippen LogP contribution in [0.5, 0.6) is 5.75 Å². The van der Waals surface area contributed by atoms with Gasteiger partial charge < -0.3 is 9.14 Å². The lowest BCUT2D eigenvalue weighted by Gasteiger charge is -2.14. The van der Waals surface area contributed by atoms with Crippen LogP contribution < -0.4 is 9.46 Å². The van der Waals surface area contributed by atoms with E-state index in [0.717, 1.165) is 22.5 Å². The summed E-state index contributed by atoms with van der Waals surface area (Å²) in [5.74, 6) is 0.662. The van der Waals surface area contributed by atoms with Crippen LogP contribution >= 0.6 is 0 Å². The van der Waals surface area contributed by atoms with E-state index >= 15 is 0 Å². The smallest absolute Gasteiger partial charge is 0.262 e. The van der Waals surface area contributed by atoms with Crippen LogP contribution in [0.15, 0.2) is 71.9 Å². The van der Waals surface area contributed by atoms with Gasteiger partial charge in [-0.15, -0.1) is 0 Å². The van der Waals surface area contributed by atoms with Gasteiger partial charge in [0.05, 0.1) is 17.7 Å². The molecule has 2 aromatic heterocycles. The minimum Gasteiger partial charge on any atom is -0.496 e. The molecule has 0 saturated carbocycles. The van der Waals surface area contributed by atoms with Crippen molar-refractivity contribution < 1.29 is 13.2 Å². The highest BCUT2D eigenvalue weighted by Crippen LogP contribution is 2.29. The van der Waals surface area contributed by atoms with Gasteiger partial charge in [0.15, 0.2) is 0 Å². The maximum atomic E-state index is 13.0. The second-order valence-corrected chi connectivity index (χ2v) is 8.45. The van der Waals surface area contributed by atoms with Crippen LogP contribution in [0.4, 0.5) is 5.69 Å². The van der Waals surface area contributed by atoms with Crippen LogP contribution in [0, 0.1) is 13.8 Å². The number of pyridine rings is 1. The molecule has 0 spiro atoms. The zero-order valence-electron chi connectivity index (χ0n) is 16.4. The van der Waals surface area contributed by atoms with Gasteiger partial charge in [0.1, 0.15) is 11.4 Å². The van der Waals surface area contributed by atoms with Gasteiger partial charge >= 0.3 is 0 Å². The third-order valence-electron chi connectivity index (χ3n) is 4.97. The molecule has 2 heterocycles. The second-order valence-electron chi connectivity index (χ2n) is 6.79. The summed E-state index contributed by atoms with van der Waals surface area (Å²) in [5, 5.41) is 0. The van der Waals surface area contributed by atoms with Gasteiger partial charge in [0.25, 0.3) is 10.0 Å². The molecule has 1 N–H and O–H groups in total. The highest BCUT2D eigenvalue weighted by atomic mass is 32.2. The Kier molecular flexibility index (Phi) is 4.76. The number of benzene rings is 2. The van der Waals surface area contributed by atoms with Crippen molar-refractivity contribution in [3.63, 3.8) is 0 Å². The van der Waals surface area contributed by atoms with Crippen LogP contribution in [0.2, 0.25) is 0 Å². The molecule has 0 fully saturated rings. The number of nitrogens with zero attached hydrogens (tertiary/aromatic N) is 2. The van der Waals surface area contributed by atoms with Gasteiger partial charge in [-0.1, -0.05) is 18.2 Å². The molecule has 0 unspecified atom stereocenters. The normalized spacial score (nSPS) is 11.6. The van der Waals surface area contributed by atoms with Gasteiger partial charge in [0, 0.05) is 23.6 Å². The zero-order valence-corrected chi connectivity index (χ0v) is 17.2. The minimum atomic E-state index is -3.75. The third-order valence-corrected chi connectivity index (χ3v) is 6.50. The Hall–Kier alpha value is -3.32. The van der Waals surface area contributed by atoms with Gasteiger partial charge in [-0.25, -0.2) is 13.4 Å². The molecular formula is C22H21N3O3S. The van der Waals surface area contributed by atoms with Gasteiger partial charge in [0.2, 0.25) is 0 Å². The predicted molar refractivity (Wildman–Crippen MR) is 114 cm³/mol. The average molecular weight is 407 g/mol. The lowest BCUT2D eigenvalue weighted by molar-refractivity contribution is 0.411. The van der Waals surface area contributed by atoms with Crippen LogP contribution in [0.3, 0.4) is 0 Å². The molecule has 0 atom stereocenters. The SMILES string of the molecule is COc1ccc(S(=O)(=O)Nc2cccc(-c3cn4ccccc4n3)c2)c(C)c1C. The Labute approximate surface area is 169 Å². The average Bonchev–Trinajstić information content (AvgIpc) is 3.14. The molecule has 0 aliphatic heterocycles. The first kappa shape index (κ1) is 19.0. The summed E-state index contributed by atoms with van der Waals surface area (Å²) in [5.41, 5.74) is 4.37. The summed E-state index contributed by atoms with van der Waals surface area (Å²) in [6.45, 7) is 3.62. The number of anilines is 1. The number of methoxy groups -OCH3 is 1. The molecule has 0 amide bonds. The van der Waals surface area contributed by atoms with Crippen LogP contribution in [-0.4, -0.2) is 24.9 Å². The van der Waals surface area contributed by atoms with E-state index in [1.54, 1.807) is 38.3 Å². The maximum absolute atomic E-state index is 13.0. The second kappa shape index (κ2) is 7.25. The van der Waals surface area contributed by atoms with Gasteiger partial charge in [-0.3, -0.25) is 4.72 Å². The Bertz CT molecular complexity index is 1280. The number of rotatable bonds is 5. The van der Waals surface area contributed by atoms with E-state index in [1.165, 1.54) is 0 Å². The first-order chi connectivity index (χ1) is 13.9. The van der Waals surface area contributed by atoms with Crippen molar-refractivity contribution in [3.8, 4) is 17.0 Å². The summed E-state index contributed by atoms with van der Waals surface area (Å²) in [4.78, 5) is 4.83. The lowest BCUT2D eigenvalue weighted by Crippen LogP contribution is -2.15. The number of aromatic nitrogens is 2. The molecule has 2 aromatic carbocycles. The maximum Gasteiger partial charge on any atom is 0.262 e. The van der Waals surface area contributed by atoms with Crippen LogP contribution in [-0.2, 0) is 10.0 Å². The number of hydrogen-bond acceptors (Lipinski definition) is 4. The summed E-state index contributed by atoms with van der Waals surface area (Å²) >= 11 is 0. The number of nitrogens with one attached hydrogen (secondary N) is 1. The molecule has 0 saturated heterocycles. The van der Waals surface area contributed by atoms with E-state index in [4.69, 9.17) is 4.74 Å². The van der Waals surface area contributed by atoms with Crippen molar-refractivity contribution in [2.24, 2.45) is 0 Å². The molecule has 6 nitrogen and oxygen atoms in total. The Balaban J connectivity index is 1.68. The van der Waals surface area contributed by atoms with Crippen LogP contribution in [0.1, 0.15) is 11.1 Å². The summed E-state index contributed by atoms with van der Waals surface area (Å²) in [6.07, 6.45) is 3.84. The summed E-state index contributed by atoms with van der Waals surface area (Å²) in [7, 11) is -2.18. The molecule has 29 heavy (non-hydrogen) atoms. The van der Waals surface area contributed by atoms with E-state index in [2.05, 4.69) is 9.71 Å². The van der Waals surface area contributed by atoms with Crippen molar-refractivity contribution in [1.82, 2.24) is 9.38 Å². The number of sulfonamides is 1. The first-order valence-electron chi connectivity index (χ1n) is 9.10. The number of ether oxygens (including phenoxy) is 1. The molecule has 0 aliphatic carbocycles. The predicted octanol–water partition coefficient (Wildman–Crippen LogP) is 4.43. The highest BCUT2D eigenvalue weighted by Gasteiger charge is 2.20. The van der Waals surface area contributed by atoms with E-state index in [1.807, 2.05) is 54.0 Å². The fourth-order valence-corrected chi connectivity index (χ4v) is 4.66. The Morgan fingerprint density at radius 2 is 1.83 bits per heavy atom. The van der Waals surface area contributed by atoms with E-state index in [0.29, 0.717) is 17.0 Å². The molecule has 0 radical (unpaired) electrons. The lowest BCUT2D eigenvalue weighted by atomic mass is 10.1. The van der Waals surface area contributed by atoms with Crippen molar-refractivity contribution in [2.45, 2.75) is 18.7 Å². The molecule has 0 bridgehead atoms. The van der Waals surface area contributed by atoms with E-state index in [9.17, 15) is 8.42 Å². The Morgan fingerprint density at radius 3 is 2.59 bits per heavy atom. The summed E-state index contributed by atoms with van der Waals surface area (Å²) < 4.78 is 35.9. The molecule has 148 valence electrons. The largest absolute Gasteiger partial charge is 0.496 e. The van der Waals surface area contributed by atoms with E-state index in [-0.39, 0.29) is 4.90 Å².